The van der Waals surface area contributed by atoms with Gasteiger partial charge in [0.25, 0.3) is 0 Å². The monoisotopic (exact) mass is 709 g/mol. The van der Waals surface area contributed by atoms with Crippen molar-refractivity contribution in [2.75, 3.05) is 6.54 Å². The van der Waals surface area contributed by atoms with E-state index in [4.69, 9.17) is 0 Å². The molecular formula is C47H72N4O. The lowest BCUT2D eigenvalue weighted by molar-refractivity contribution is -0.131. The maximum Gasteiger partial charge on any atom is 0.226 e. The van der Waals surface area contributed by atoms with Gasteiger partial charge in [-0.1, -0.05) is 104 Å². The van der Waals surface area contributed by atoms with Gasteiger partial charge in [-0.2, -0.15) is 5.10 Å². The lowest BCUT2D eigenvalue weighted by atomic mass is 9.54. The number of aromatic nitrogens is 3. The lowest BCUT2D eigenvalue weighted by Crippen LogP contribution is -2.46. The Bertz CT molecular complexity index is 1440. The standard InChI is InChI=1S/C47H72N4O/c1-33-41-32-47(4,28-10-8-20-40(41)44(51-50-33)43-21-9-11-30-48-43)45(52)49-31-29-46(2,3)42-27-26-39(42)38-24-22-36(34-16-12-17-34)14-6-5-7-15-37(23-25-38)35-18-13-19-35/h9,11,21,30,34-39,42H,5-8,10,12-20,22-29,31-32H2,1-4H3,(H,49,52). The van der Waals surface area contributed by atoms with Gasteiger partial charge in [0.1, 0.15) is 5.69 Å². The van der Waals surface area contributed by atoms with Crippen molar-refractivity contribution >= 4 is 5.91 Å². The first-order valence-electron chi connectivity index (χ1n) is 22.3. The molecule has 5 nitrogen and oxygen atoms in total. The fourth-order valence-corrected chi connectivity index (χ4v) is 11.7. The molecule has 5 aliphatic rings. The van der Waals surface area contributed by atoms with Crippen LogP contribution in [-0.2, 0) is 17.6 Å². The van der Waals surface area contributed by atoms with Crippen LogP contribution in [0.1, 0.15) is 172 Å². The summed E-state index contributed by atoms with van der Waals surface area (Å²) in [5.41, 5.74) is 4.98. The summed E-state index contributed by atoms with van der Waals surface area (Å²) < 4.78 is 0. The Morgan fingerprint density at radius 2 is 1.40 bits per heavy atom. The second-order valence-corrected chi connectivity index (χ2v) is 19.5. The molecule has 0 aromatic carbocycles. The number of carbonyl (C=O) groups excluding carboxylic acids is 1. The fraction of sp³-hybridized carbons (Fsp3) is 0.787. The number of nitrogens with zero attached hydrogens (tertiary/aromatic N) is 3. The smallest absolute Gasteiger partial charge is 0.226 e. The van der Waals surface area contributed by atoms with Gasteiger partial charge in [-0.15, -0.1) is 5.10 Å². The molecule has 1 amide bonds. The summed E-state index contributed by atoms with van der Waals surface area (Å²) in [6.07, 6.45) is 32.9. The normalized spacial score (nSPS) is 31.3. The molecule has 286 valence electrons. The van der Waals surface area contributed by atoms with Gasteiger partial charge >= 0.3 is 0 Å². The number of aryl methyl sites for hydroxylation is 1. The van der Waals surface area contributed by atoms with Gasteiger partial charge in [0, 0.05) is 12.7 Å². The topological polar surface area (TPSA) is 67.8 Å². The van der Waals surface area contributed by atoms with Crippen molar-refractivity contribution in [2.45, 2.75) is 175 Å². The van der Waals surface area contributed by atoms with Crippen LogP contribution in [0.25, 0.3) is 11.4 Å². The predicted molar refractivity (Wildman–Crippen MR) is 214 cm³/mol. The summed E-state index contributed by atoms with van der Waals surface area (Å²) in [6.45, 7) is 10.1. The molecule has 1 N–H and O–H groups in total. The summed E-state index contributed by atoms with van der Waals surface area (Å²) in [7, 11) is 0. The van der Waals surface area contributed by atoms with Crippen molar-refractivity contribution in [3.63, 3.8) is 0 Å². The molecule has 52 heavy (non-hydrogen) atoms. The molecule has 0 aliphatic heterocycles. The number of hydrogen-bond donors (Lipinski definition) is 1. The molecule has 2 aromatic heterocycles. The number of hydrogen-bond acceptors (Lipinski definition) is 4. The quantitative estimate of drug-likeness (QED) is 0.282. The molecule has 5 heteroatoms. The molecule has 5 unspecified atom stereocenters. The third-order valence-corrected chi connectivity index (χ3v) is 15.9. The average molecular weight is 709 g/mol. The molecule has 0 radical (unpaired) electrons. The molecule has 4 fully saturated rings. The summed E-state index contributed by atoms with van der Waals surface area (Å²) in [4.78, 5) is 18.8. The van der Waals surface area contributed by atoms with E-state index in [0.717, 1.165) is 104 Å². The summed E-state index contributed by atoms with van der Waals surface area (Å²) in [6, 6.07) is 5.99. The van der Waals surface area contributed by atoms with Crippen molar-refractivity contribution < 1.29 is 4.79 Å². The highest BCUT2D eigenvalue weighted by molar-refractivity contribution is 5.82. The van der Waals surface area contributed by atoms with E-state index in [2.05, 4.69) is 48.2 Å². The van der Waals surface area contributed by atoms with Gasteiger partial charge in [-0.25, -0.2) is 0 Å². The van der Waals surface area contributed by atoms with Crippen LogP contribution in [0.15, 0.2) is 24.4 Å². The zero-order valence-electron chi connectivity index (χ0n) is 33.6. The van der Waals surface area contributed by atoms with E-state index < -0.39 is 5.41 Å². The van der Waals surface area contributed by atoms with Crippen molar-refractivity contribution in [2.24, 2.45) is 52.3 Å². The maximum atomic E-state index is 14.2. The van der Waals surface area contributed by atoms with E-state index in [1.54, 1.807) is 0 Å². The zero-order valence-corrected chi connectivity index (χ0v) is 33.6. The zero-order chi connectivity index (χ0) is 36.1. The van der Waals surface area contributed by atoms with E-state index >= 15 is 0 Å². The van der Waals surface area contributed by atoms with Crippen LogP contribution < -0.4 is 5.32 Å². The van der Waals surface area contributed by atoms with E-state index in [0.29, 0.717) is 0 Å². The maximum absolute atomic E-state index is 14.2. The van der Waals surface area contributed by atoms with Crippen molar-refractivity contribution in [1.82, 2.24) is 20.5 Å². The van der Waals surface area contributed by atoms with Gasteiger partial charge < -0.3 is 5.32 Å². The summed E-state index contributed by atoms with van der Waals surface area (Å²) in [5.74, 6) is 6.89. The van der Waals surface area contributed by atoms with Crippen molar-refractivity contribution in [3.05, 3.63) is 41.2 Å². The Morgan fingerprint density at radius 3 is 2.00 bits per heavy atom. The van der Waals surface area contributed by atoms with Crippen molar-refractivity contribution in [1.29, 1.82) is 0 Å². The Labute approximate surface area is 317 Å². The first-order chi connectivity index (χ1) is 25.2. The number of carbonyl (C=O) groups is 1. The van der Waals surface area contributed by atoms with Crippen LogP contribution in [0.4, 0.5) is 0 Å². The van der Waals surface area contributed by atoms with Gasteiger partial charge in [-0.3, -0.25) is 9.78 Å². The third-order valence-electron chi connectivity index (χ3n) is 15.9. The molecule has 2 heterocycles. The van der Waals surface area contributed by atoms with E-state index in [1.165, 1.54) is 120 Å². The minimum atomic E-state index is -0.449. The molecule has 0 spiro atoms. The van der Waals surface area contributed by atoms with Crippen LogP contribution in [0.2, 0.25) is 0 Å². The number of amides is 1. The molecule has 7 rings (SSSR count). The molecule has 4 saturated carbocycles. The molecule has 2 aromatic rings. The van der Waals surface area contributed by atoms with E-state index in [-0.39, 0.29) is 11.3 Å². The van der Waals surface area contributed by atoms with Crippen LogP contribution in [0.5, 0.6) is 0 Å². The Balaban J connectivity index is 0.988. The van der Waals surface area contributed by atoms with Gasteiger partial charge in [0.2, 0.25) is 5.91 Å². The Hall–Kier alpha value is -2.30. The highest BCUT2D eigenvalue weighted by Gasteiger charge is 2.45. The molecule has 5 aliphatic carbocycles. The average Bonchev–Trinajstić information content (AvgIpc) is 3.04. The predicted octanol–water partition coefficient (Wildman–Crippen LogP) is 11.7. The second kappa shape index (κ2) is 17.0. The molecule has 0 saturated heterocycles. The largest absolute Gasteiger partial charge is 0.356 e. The highest BCUT2D eigenvalue weighted by atomic mass is 16.2. The minimum Gasteiger partial charge on any atom is -0.356 e. The van der Waals surface area contributed by atoms with Crippen LogP contribution in [0.3, 0.4) is 0 Å². The first-order valence-corrected chi connectivity index (χ1v) is 22.3. The number of nitrogens with one attached hydrogen (secondary N) is 1. The van der Waals surface area contributed by atoms with Crippen LogP contribution >= 0.6 is 0 Å². The van der Waals surface area contributed by atoms with Crippen molar-refractivity contribution in [3.8, 4) is 11.4 Å². The van der Waals surface area contributed by atoms with Crippen LogP contribution in [0, 0.1) is 59.2 Å². The molecule has 5 atom stereocenters. The van der Waals surface area contributed by atoms with Gasteiger partial charge in [0.15, 0.2) is 0 Å². The molecule has 0 bridgehead atoms. The highest BCUT2D eigenvalue weighted by Crippen LogP contribution is 2.54. The summed E-state index contributed by atoms with van der Waals surface area (Å²) in [5, 5.41) is 12.7. The van der Waals surface area contributed by atoms with Crippen LogP contribution in [-0.4, -0.2) is 27.6 Å². The SMILES string of the molecule is Cc1nnc(-c2ccccn2)c2c1CC(C)(C(=O)NCCC(C)(C)C1CCC1C1CCC(C3CCC3)CCCCCC(C3CCC3)CC1)CCCC2. The van der Waals surface area contributed by atoms with E-state index in [1.807, 2.05) is 24.4 Å². The summed E-state index contributed by atoms with van der Waals surface area (Å²) >= 11 is 0. The first kappa shape index (κ1) is 38.0. The number of rotatable bonds is 9. The van der Waals surface area contributed by atoms with Gasteiger partial charge in [0.05, 0.1) is 16.8 Å². The Morgan fingerprint density at radius 1 is 0.750 bits per heavy atom. The van der Waals surface area contributed by atoms with E-state index in [9.17, 15) is 4.79 Å². The number of fused-ring (bicyclic) bond motifs is 1. The minimum absolute atomic E-state index is 0.222. The second-order valence-electron chi connectivity index (χ2n) is 19.5. The van der Waals surface area contributed by atoms with Gasteiger partial charge in [-0.05, 0) is 148 Å². The lowest BCUT2D eigenvalue weighted by Gasteiger charge is -2.51. The molecular weight excluding hydrogens is 637 g/mol. The number of pyridine rings is 1. The Kier molecular flexibility index (Phi) is 12.4. The fourth-order valence-electron chi connectivity index (χ4n) is 11.7. The third kappa shape index (κ3) is 8.64.